The van der Waals surface area contributed by atoms with E-state index in [1.807, 2.05) is 19.1 Å². The molecule has 0 saturated heterocycles. The minimum Gasteiger partial charge on any atom is -0.497 e. The molecule has 2 aromatic carbocycles. The molecule has 0 aliphatic heterocycles. The SMILES string of the molecule is COc1ccc2cc(CCC(C)O)ccc2c1. The average molecular weight is 230 g/mol. The van der Waals surface area contributed by atoms with Gasteiger partial charge in [0.25, 0.3) is 0 Å². The average Bonchev–Trinajstić information content (AvgIpc) is 2.35. The molecule has 2 heteroatoms. The van der Waals surface area contributed by atoms with Crippen molar-refractivity contribution in [1.29, 1.82) is 0 Å². The van der Waals surface area contributed by atoms with Crippen LogP contribution in [0.3, 0.4) is 0 Å². The minimum absolute atomic E-state index is 0.235. The van der Waals surface area contributed by atoms with Crippen molar-refractivity contribution in [2.75, 3.05) is 7.11 Å². The van der Waals surface area contributed by atoms with Crippen LogP contribution in [0.4, 0.5) is 0 Å². The van der Waals surface area contributed by atoms with Gasteiger partial charge in [-0.25, -0.2) is 0 Å². The number of benzene rings is 2. The summed E-state index contributed by atoms with van der Waals surface area (Å²) in [7, 11) is 1.68. The first-order chi connectivity index (χ1) is 8.19. The Kier molecular flexibility index (Phi) is 3.64. The summed E-state index contributed by atoms with van der Waals surface area (Å²) in [6.07, 6.45) is 1.49. The number of aliphatic hydroxyl groups is 1. The summed E-state index contributed by atoms with van der Waals surface area (Å²) in [5.74, 6) is 0.884. The van der Waals surface area contributed by atoms with Crippen LogP contribution in [-0.4, -0.2) is 18.3 Å². The van der Waals surface area contributed by atoms with Crippen LogP contribution in [0.5, 0.6) is 5.75 Å². The highest BCUT2D eigenvalue weighted by atomic mass is 16.5. The van der Waals surface area contributed by atoms with Gasteiger partial charge in [0.2, 0.25) is 0 Å². The Morgan fingerprint density at radius 1 is 1.12 bits per heavy atom. The molecule has 0 heterocycles. The highest BCUT2D eigenvalue weighted by Crippen LogP contribution is 2.22. The largest absolute Gasteiger partial charge is 0.497 e. The fourth-order valence-electron chi connectivity index (χ4n) is 1.93. The third kappa shape index (κ3) is 2.98. The van der Waals surface area contributed by atoms with Crippen LogP contribution in [0.25, 0.3) is 10.8 Å². The molecule has 0 aliphatic carbocycles. The van der Waals surface area contributed by atoms with Crippen molar-refractivity contribution in [3.8, 4) is 5.75 Å². The molecule has 0 saturated carbocycles. The zero-order valence-electron chi connectivity index (χ0n) is 10.3. The molecule has 1 unspecified atom stereocenters. The van der Waals surface area contributed by atoms with Gasteiger partial charge < -0.3 is 9.84 Å². The van der Waals surface area contributed by atoms with Crippen LogP contribution in [0, 0.1) is 0 Å². The standard InChI is InChI=1S/C15H18O2/c1-11(16)3-4-12-5-6-14-10-15(17-2)8-7-13(14)9-12/h5-11,16H,3-4H2,1-2H3. The molecule has 0 bridgehead atoms. The lowest BCUT2D eigenvalue weighted by Gasteiger charge is -2.07. The van der Waals surface area contributed by atoms with Crippen LogP contribution < -0.4 is 4.74 Å². The van der Waals surface area contributed by atoms with Gasteiger partial charge in [0.05, 0.1) is 13.2 Å². The Morgan fingerprint density at radius 2 is 1.82 bits per heavy atom. The molecule has 0 spiro atoms. The molecule has 0 amide bonds. The van der Waals surface area contributed by atoms with E-state index in [1.54, 1.807) is 7.11 Å². The number of aliphatic hydroxyl groups excluding tert-OH is 1. The molecule has 2 aromatic rings. The Labute approximate surface area is 102 Å². The molecule has 90 valence electrons. The van der Waals surface area contributed by atoms with Gasteiger partial charge in [-0.1, -0.05) is 24.3 Å². The third-order valence-corrected chi connectivity index (χ3v) is 2.96. The Bertz CT molecular complexity index is 503. The van der Waals surface area contributed by atoms with Crippen LogP contribution >= 0.6 is 0 Å². The minimum atomic E-state index is -0.235. The summed E-state index contributed by atoms with van der Waals surface area (Å²) in [6, 6.07) is 12.5. The highest BCUT2D eigenvalue weighted by Gasteiger charge is 2.01. The summed E-state index contributed by atoms with van der Waals surface area (Å²) in [5.41, 5.74) is 1.27. The molecule has 0 aromatic heterocycles. The Hall–Kier alpha value is -1.54. The van der Waals surface area contributed by atoms with E-state index in [4.69, 9.17) is 4.74 Å². The van der Waals surface area contributed by atoms with Gasteiger partial charge in [0, 0.05) is 0 Å². The second kappa shape index (κ2) is 5.19. The predicted octanol–water partition coefficient (Wildman–Crippen LogP) is 3.16. The van der Waals surface area contributed by atoms with E-state index < -0.39 is 0 Å². The van der Waals surface area contributed by atoms with E-state index in [9.17, 15) is 5.11 Å². The van der Waals surface area contributed by atoms with E-state index in [-0.39, 0.29) is 6.10 Å². The van der Waals surface area contributed by atoms with E-state index in [1.165, 1.54) is 16.3 Å². The maximum atomic E-state index is 9.28. The van der Waals surface area contributed by atoms with Crippen molar-refractivity contribution in [1.82, 2.24) is 0 Å². The molecule has 0 radical (unpaired) electrons. The molecular formula is C15H18O2. The van der Waals surface area contributed by atoms with Crippen molar-refractivity contribution in [2.24, 2.45) is 0 Å². The lowest BCUT2D eigenvalue weighted by atomic mass is 10.0. The normalized spacial score (nSPS) is 12.6. The number of aryl methyl sites for hydroxylation is 1. The first-order valence-corrected chi connectivity index (χ1v) is 5.94. The summed E-state index contributed by atoms with van der Waals surface area (Å²) in [5, 5.41) is 11.7. The van der Waals surface area contributed by atoms with E-state index in [0.29, 0.717) is 0 Å². The number of hydrogen-bond donors (Lipinski definition) is 1. The van der Waals surface area contributed by atoms with Crippen LogP contribution in [0.1, 0.15) is 18.9 Å². The molecule has 0 aliphatic rings. The topological polar surface area (TPSA) is 29.5 Å². The first kappa shape index (κ1) is 11.9. The lowest BCUT2D eigenvalue weighted by molar-refractivity contribution is 0.185. The van der Waals surface area contributed by atoms with Crippen molar-refractivity contribution in [3.63, 3.8) is 0 Å². The smallest absolute Gasteiger partial charge is 0.119 e. The molecule has 0 fully saturated rings. The second-order valence-corrected chi connectivity index (χ2v) is 4.44. The van der Waals surface area contributed by atoms with E-state index >= 15 is 0 Å². The van der Waals surface area contributed by atoms with Crippen molar-refractivity contribution in [3.05, 3.63) is 42.0 Å². The van der Waals surface area contributed by atoms with E-state index in [2.05, 4.69) is 24.3 Å². The zero-order chi connectivity index (χ0) is 12.3. The van der Waals surface area contributed by atoms with Gasteiger partial charge in [-0.15, -0.1) is 0 Å². The summed E-state index contributed by atoms with van der Waals surface area (Å²) >= 11 is 0. The van der Waals surface area contributed by atoms with Gasteiger partial charge in [0.1, 0.15) is 5.75 Å². The summed E-state index contributed by atoms with van der Waals surface area (Å²) in [4.78, 5) is 0. The molecule has 17 heavy (non-hydrogen) atoms. The third-order valence-electron chi connectivity index (χ3n) is 2.96. The second-order valence-electron chi connectivity index (χ2n) is 4.44. The van der Waals surface area contributed by atoms with Gasteiger partial charge in [-0.3, -0.25) is 0 Å². The van der Waals surface area contributed by atoms with Crippen LogP contribution in [0.15, 0.2) is 36.4 Å². The van der Waals surface area contributed by atoms with Crippen molar-refractivity contribution < 1.29 is 9.84 Å². The number of ether oxygens (including phenoxy) is 1. The molecule has 1 atom stereocenters. The Morgan fingerprint density at radius 3 is 2.53 bits per heavy atom. The molecular weight excluding hydrogens is 212 g/mol. The maximum absolute atomic E-state index is 9.28. The monoisotopic (exact) mass is 230 g/mol. The quantitative estimate of drug-likeness (QED) is 0.874. The highest BCUT2D eigenvalue weighted by molar-refractivity contribution is 5.84. The molecule has 2 rings (SSSR count). The van der Waals surface area contributed by atoms with E-state index in [0.717, 1.165) is 18.6 Å². The first-order valence-electron chi connectivity index (χ1n) is 5.94. The number of rotatable bonds is 4. The number of hydrogen-bond acceptors (Lipinski definition) is 2. The van der Waals surface area contributed by atoms with Crippen LogP contribution in [0.2, 0.25) is 0 Å². The number of fused-ring (bicyclic) bond motifs is 1. The summed E-state index contributed by atoms with van der Waals surface area (Å²) < 4.78 is 5.20. The predicted molar refractivity (Wildman–Crippen MR) is 70.5 cm³/mol. The maximum Gasteiger partial charge on any atom is 0.119 e. The molecule has 1 N–H and O–H groups in total. The summed E-state index contributed by atoms with van der Waals surface area (Å²) in [6.45, 7) is 1.83. The van der Waals surface area contributed by atoms with Crippen molar-refractivity contribution >= 4 is 10.8 Å². The van der Waals surface area contributed by atoms with Crippen LogP contribution in [-0.2, 0) is 6.42 Å². The van der Waals surface area contributed by atoms with Gasteiger partial charge >= 0.3 is 0 Å². The fraction of sp³-hybridized carbons (Fsp3) is 0.333. The van der Waals surface area contributed by atoms with Gasteiger partial charge in [0.15, 0.2) is 0 Å². The van der Waals surface area contributed by atoms with Gasteiger partial charge in [-0.05, 0) is 48.2 Å². The number of methoxy groups -OCH3 is 1. The van der Waals surface area contributed by atoms with Crippen molar-refractivity contribution in [2.45, 2.75) is 25.9 Å². The Balaban J connectivity index is 2.25. The van der Waals surface area contributed by atoms with Gasteiger partial charge in [-0.2, -0.15) is 0 Å². The molecule has 2 nitrogen and oxygen atoms in total. The lowest BCUT2D eigenvalue weighted by Crippen LogP contribution is -2.01. The zero-order valence-corrected chi connectivity index (χ0v) is 10.3. The fourth-order valence-corrected chi connectivity index (χ4v) is 1.93.